The molecule has 136 valence electrons. The Balaban J connectivity index is 1.54. The minimum atomic E-state index is -3.11. The zero-order valence-electron chi connectivity index (χ0n) is 14.8. The average Bonchev–Trinajstić information content (AvgIpc) is 2.64. The maximum Gasteiger partial charge on any atom is 0.221 e. The fourth-order valence-corrected chi connectivity index (χ4v) is 5.13. The molecule has 1 unspecified atom stereocenters. The SMILES string of the molecule is CS(=O)(=O)CCC(=O)NCC1CC2c3ccccc3C1c1ccccc12. The predicted molar refractivity (Wildman–Crippen MR) is 102 cm³/mol. The highest BCUT2D eigenvalue weighted by Crippen LogP contribution is 2.55. The number of benzene rings is 2. The van der Waals surface area contributed by atoms with Crippen LogP contribution in [0.5, 0.6) is 0 Å². The topological polar surface area (TPSA) is 63.2 Å². The lowest BCUT2D eigenvalue weighted by molar-refractivity contribution is -0.120. The van der Waals surface area contributed by atoms with Gasteiger partial charge in [-0.2, -0.15) is 0 Å². The lowest BCUT2D eigenvalue weighted by atomic mass is 9.59. The molecule has 1 amide bonds. The molecular weight excluding hydrogens is 346 g/mol. The molecule has 3 aliphatic carbocycles. The molecule has 3 aliphatic rings. The van der Waals surface area contributed by atoms with Crippen molar-refractivity contribution in [2.45, 2.75) is 24.7 Å². The molecule has 4 nitrogen and oxygen atoms in total. The third-order valence-electron chi connectivity index (χ3n) is 5.68. The van der Waals surface area contributed by atoms with Crippen LogP contribution in [0.2, 0.25) is 0 Å². The molecule has 0 spiro atoms. The van der Waals surface area contributed by atoms with Gasteiger partial charge < -0.3 is 5.32 Å². The van der Waals surface area contributed by atoms with E-state index >= 15 is 0 Å². The van der Waals surface area contributed by atoms with Gasteiger partial charge >= 0.3 is 0 Å². The van der Waals surface area contributed by atoms with Crippen LogP contribution in [0.4, 0.5) is 0 Å². The van der Waals surface area contributed by atoms with Gasteiger partial charge in [0, 0.05) is 31.1 Å². The van der Waals surface area contributed by atoms with Crippen LogP contribution < -0.4 is 5.32 Å². The first kappa shape index (κ1) is 17.3. The van der Waals surface area contributed by atoms with E-state index in [1.165, 1.54) is 22.3 Å². The number of amides is 1. The van der Waals surface area contributed by atoms with Crippen molar-refractivity contribution in [3.8, 4) is 0 Å². The fraction of sp³-hybridized carbons (Fsp3) is 0.381. The van der Waals surface area contributed by atoms with E-state index in [2.05, 4.69) is 53.8 Å². The second-order valence-corrected chi connectivity index (χ2v) is 9.73. The molecule has 5 heteroatoms. The lowest BCUT2D eigenvalue weighted by Crippen LogP contribution is -2.39. The Bertz CT molecular complexity index is 904. The summed E-state index contributed by atoms with van der Waals surface area (Å²) in [7, 11) is -3.11. The summed E-state index contributed by atoms with van der Waals surface area (Å²) in [5, 5.41) is 2.97. The molecule has 0 aromatic heterocycles. The molecule has 2 bridgehead atoms. The van der Waals surface area contributed by atoms with Crippen LogP contribution in [0.15, 0.2) is 48.5 Å². The molecule has 1 N–H and O–H groups in total. The first-order valence-corrected chi connectivity index (χ1v) is 11.1. The highest BCUT2D eigenvalue weighted by Gasteiger charge is 2.42. The van der Waals surface area contributed by atoms with Gasteiger partial charge in [-0.3, -0.25) is 4.79 Å². The Labute approximate surface area is 154 Å². The van der Waals surface area contributed by atoms with E-state index in [1.54, 1.807) is 0 Å². The van der Waals surface area contributed by atoms with Gasteiger partial charge in [0.05, 0.1) is 5.75 Å². The van der Waals surface area contributed by atoms with Gasteiger partial charge in [-0.15, -0.1) is 0 Å². The maximum atomic E-state index is 12.1. The minimum Gasteiger partial charge on any atom is -0.356 e. The van der Waals surface area contributed by atoms with Crippen LogP contribution in [0.25, 0.3) is 0 Å². The van der Waals surface area contributed by atoms with Crippen LogP contribution in [-0.2, 0) is 14.6 Å². The average molecular weight is 369 g/mol. The van der Waals surface area contributed by atoms with E-state index < -0.39 is 9.84 Å². The summed E-state index contributed by atoms with van der Waals surface area (Å²) < 4.78 is 22.5. The summed E-state index contributed by atoms with van der Waals surface area (Å²) in [5.74, 6) is 0.736. The number of rotatable bonds is 5. The molecule has 2 aromatic rings. The Kier molecular flexibility index (Phi) is 4.35. The van der Waals surface area contributed by atoms with Crippen LogP contribution in [0, 0.1) is 5.92 Å². The summed E-state index contributed by atoms with van der Waals surface area (Å²) >= 11 is 0. The molecule has 2 aromatic carbocycles. The normalized spacial score (nSPS) is 23.2. The summed E-state index contributed by atoms with van der Waals surface area (Å²) in [6, 6.07) is 17.2. The van der Waals surface area contributed by atoms with E-state index in [-0.39, 0.29) is 18.1 Å². The highest BCUT2D eigenvalue weighted by molar-refractivity contribution is 7.90. The number of sulfone groups is 1. The fourth-order valence-electron chi connectivity index (χ4n) is 4.57. The van der Waals surface area contributed by atoms with Crippen molar-refractivity contribution in [3.05, 3.63) is 70.8 Å². The molecule has 0 fully saturated rings. The number of hydrogen-bond donors (Lipinski definition) is 1. The monoisotopic (exact) mass is 369 g/mol. The van der Waals surface area contributed by atoms with Crippen molar-refractivity contribution in [2.24, 2.45) is 5.92 Å². The number of fused-ring (bicyclic) bond motifs is 1. The van der Waals surface area contributed by atoms with Gasteiger partial charge in [-0.1, -0.05) is 48.5 Å². The molecule has 5 rings (SSSR count). The first-order chi connectivity index (χ1) is 12.4. The van der Waals surface area contributed by atoms with E-state index in [0.717, 1.165) is 12.7 Å². The number of carbonyl (C=O) groups is 1. The number of carbonyl (C=O) groups excluding carboxylic acids is 1. The van der Waals surface area contributed by atoms with Gasteiger partial charge in [0.15, 0.2) is 0 Å². The van der Waals surface area contributed by atoms with E-state index in [1.807, 2.05) is 0 Å². The summed E-state index contributed by atoms with van der Waals surface area (Å²) in [5.41, 5.74) is 5.57. The van der Waals surface area contributed by atoms with Gasteiger partial charge in [-0.05, 0) is 34.6 Å². The van der Waals surface area contributed by atoms with E-state index in [4.69, 9.17) is 0 Å². The minimum absolute atomic E-state index is 0.0345. The van der Waals surface area contributed by atoms with E-state index in [0.29, 0.717) is 24.3 Å². The van der Waals surface area contributed by atoms with Crippen molar-refractivity contribution in [3.63, 3.8) is 0 Å². The second kappa shape index (κ2) is 6.54. The summed E-state index contributed by atoms with van der Waals surface area (Å²) in [4.78, 5) is 12.1. The van der Waals surface area contributed by atoms with Crippen LogP contribution in [0.3, 0.4) is 0 Å². The first-order valence-electron chi connectivity index (χ1n) is 9.06. The van der Waals surface area contributed by atoms with Gasteiger partial charge in [0.25, 0.3) is 0 Å². The van der Waals surface area contributed by atoms with Crippen molar-refractivity contribution in [1.29, 1.82) is 0 Å². The lowest BCUT2D eigenvalue weighted by Gasteiger charge is -2.45. The van der Waals surface area contributed by atoms with Gasteiger partial charge in [-0.25, -0.2) is 8.42 Å². The number of nitrogens with one attached hydrogen (secondary N) is 1. The standard InChI is InChI=1S/C21H23NO3S/c1-26(24,25)11-10-20(23)22-13-14-12-19-15-6-2-4-8-17(15)21(14)18-9-5-3-7-16(18)19/h2-9,14,19,21H,10-13H2,1H3,(H,22,23). The molecule has 1 atom stereocenters. The Hall–Kier alpha value is -2.14. The third kappa shape index (κ3) is 3.16. The third-order valence-corrected chi connectivity index (χ3v) is 6.63. The van der Waals surface area contributed by atoms with Crippen LogP contribution in [-0.4, -0.2) is 32.9 Å². The molecule has 0 saturated carbocycles. The zero-order chi connectivity index (χ0) is 18.3. The van der Waals surface area contributed by atoms with Crippen LogP contribution in [0.1, 0.15) is 46.9 Å². The largest absolute Gasteiger partial charge is 0.356 e. The molecule has 26 heavy (non-hydrogen) atoms. The van der Waals surface area contributed by atoms with Crippen molar-refractivity contribution < 1.29 is 13.2 Å². The molecule has 0 aliphatic heterocycles. The summed E-state index contributed by atoms with van der Waals surface area (Å²) in [6.07, 6.45) is 2.21. The molecule has 0 heterocycles. The summed E-state index contributed by atoms with van der Waals surface area (Å²) in [6.45, 7) is 0.590. The van der Waals surface area contributed by atoms with Crippen molar-refractivity contribution in [2.75, 3.05) is 18.6 Å². The van der Waals surface area contributed by atoms with Crippen molar-refractivity contribution >= 4 is 15.7 Å². The Morgan fingerprint density at radius 3 is 2.08 bits per heavy atom. The molecule has 0 radical (unpaired) electrons. The number of hydrogen-bond acceptors (Lipinski definition) is 3. The van der Waals surface area contributed by atoms with Gasteiger partial charge in [0.2, 0.25) is 5.91 Å². The van der Waals surface area contributed by atoms with Crippen LogP contribution >= 0.6 is 0 Å². The Morgan fingerprint density at radius 2 is 1.54 bits per heavy atom. The second-order valence-electron chi connectivity index (χ2n) is 7.47. The van der Waals surface area contributed by atoms with Gasteiger partial charge in [0.1, 0.15) is 9.84 Å². The highest BCUT2D eigenvalue weighted by atomic mass is 32.2. The maximum absolute atomic E-state index is 12.1. The molecular formula is C21H23NO3S. The van der Waals surface area contributed by atoms with Crippen molar-refractivity contribution in [1.82, 2.24) is 5.32 Å². The smallest absolute Gasteiger partial charge is 0.221 e. The quantitative estimate of drug-likeness (QED) is 0.881. The zero-order valence-corrected chi connectivity index (χ0v) is 15.6. The van der Waals surface area contributed by atoms with E-state index in [9.17, 15) is 13.2 Å². The molecule has 0 saturated heterocycles. The predicted octanol–water partition coefficient (Wildman–Crippen LogP) is 2.83. The Morgan fingerprint density at radius 1 is 1.00 bits per heavy atom.